The Morgan fingerprint density at radius 2 is 1.91 bits per heavy atom. The molecule has 0 aliphatic carbocycles. The Bertz CT molecular complexity index is 682. The van der Waals surface area contributed by atoms with E-state index >= 15 is 0 Å². The molecule has 4 heteroatoms. The Morgan fingerprint density at radius 3 is 2.61 bits per heavy atom. The predicted molar refractivity (Wildman–Crippen MR) is 91.8 cm³/mol. The van der Waals surface area contributed by atoms with E-state index in [4.69, 9.17) is 4.74 Å². The number of carbonyl (C=O) groups is 1. The summed E-state index contributed by atoms with van der Waals surface area (Å²) in [5.74, 6) is -0.0792. The summed E-state index contributed by atoms with van der Waals surface area (Å²) in [5.41, 5.74) is 3.62. The third-order valence-corrected chi connectivity index (χ3v) is 4.20. The Labute approximate surface area is 137 Å². The number of carbonyl (C=O) groups excluding carboxylic acids is 1. The third-order valence-electron chi connectivity index (χ3n) is 4.20. The van der Waals surface area contributed by atoms with Gasteiger partial charge >= 0.3 is 0 Å². The summed E-state index contributed by atoms with van der Waals surface area (Å²) in [4.78, 5) is 14.6. The Balaban J connectivity index is 1.68. The van der Waals surface area contributed by atoms with Gasteiger partial charge in [0.25, 0.3) is 5.91 Å². The second-order valence-electron chi connectivity index (χ2n) is 6.01. The van der Waals surface area contributed by atoms with E-state index in [1.165, 1.54) is 0 Å². The Kier molecular flexibility index (Phi) is 4.74. The molecule has 1 atom stereocenters. The molecule has 1 amide bonds. The van der Waals surface area contributed by atoms with E-state index in [1.54, 1.807) is 0 Å². The van der Waals surface area contributed by atoms with Crippen molar-refractivity contribution >= 4 is 11.6 Å². The largest absolute Gasteiger partial charge is 0.371 e. The molecule has 2 aromatic carbocycles. The van der Waals surface area contributed by atoms with Crippen LogP contribution in [-0.2, 0) is 4.74 Å². The van der Waals surface area contributed by atoms with E-state index in [0.29, 0.717) is 5.56 Å². The fourth-order valence-electron chi connectivity index (χ4n) is 2.79. The topological polar surface area (TPSA) is 41.6 Å². The number of hydrogen-bond acceptors (Lipinski definition) is 3. The van der Waals surface area contributed by atoms with Gasteiger partial charge in [-0.25, -0.2) is 0 Å². The average molecular weight is 310 g/mol. The van der Waals surface area contributed by atoms with Crippen molar-refractivity contribution in [3.8, 4) is 0 Å². The molecule has 4 nitrogen and oxygen atoms in total. The normalized spacial score (nSPS) is 18.6. The van der Waals surface area contributed by atoms with Crippen LogP contribution in [0.3, 0.4) is 0 Å². The summed E-state index contributed by atoms with van der Waals surface area (Å²) in [6.07, 6.45) is 0.106. The van der Waals surface area contributed by atoms with Crippen LogP contribution in [0.4, 0.5) is 5.69 Å². The minimum Gasteiger partial charge on any atom is -0.371 e. The lowest BCUT2D eigenvalue weighted by molar-refractivity contribution is -0.0208. The van der Waals surface area contributed by atoms with Crippen LogP contribution in [0.2, 0.25) is 0 Å². The molecule has 1 heterocycles. The lowest BCUT2D eigenvalue weighted by atomic mass is 10.1. The lowest BCUT2D eigenvalue weighted by Crippen LogP contribution is -2.35. The SMILES string of the molecule is Cc1ccccc1C(=O)Nc1ccc(C2CN(C)CCO2)cc1. The molecule has 0 aromatic heterocycles. The average Bonchev–Trinajstić information content (AvgIpc) is 2.56. The molecule has 23 heavy (non-hydrogen) atoms. The molecule has 0 bridgehead atoms. The lowest BCUT2D eigenvalue weighted by Gasteiger charge is -2.30. The van der Waals surface area contributed by atoms with Gasteiger partial charge in [-0.15, -0.1) is 0 Å². The van der Waals surface area contributed by atoms with Crippen molar-refractivity contribution in [3.05, 3.63) is 65.2 Å². The highest BCUT2D eigenvalue weighted by molar-refractivity contribution is 6.05. The molecule has 1 saturated heterocycles. The first-order chi connectivity index (χ1) is 11.1. The maximum absolute atomic E-state index is 12.3. The van der Waals surface area contributed by atoms with Gasteiger partial charge in [-0.2, -0.15) is 0 Å². The number of nitrogens with one attached hydrogen (secondary N) is 1. The molecule has 1 unspecified atom stereocenters. The van der Waals surface area contributed by atoms with E-state index < -0.39 is 0 Å². The maximum Gasteiger partial charge on any atom is 0.255 e. The van der Waals surface area contributed by atoms with Gasteiger partial charge in [0.2, 0.25) is 0 Å². The minimum atomic E-state index is -0.0792. The molecular weight excluding hydrogens is 288 g/mol. The summed E-state index contributed by atoms with van der Waals surface area (Å²) >= 11 is 0. The Morgan fingerprint density at radius 1 is 1.17 bits per heavy atom. The Hall–Kier alpha value is -2.17. The molecule has 1 aliphatic rings. The zero-order valence-corrected chi connectivity index (χ0v) is 13.6. The fraction of sp³-hybridized carbons (Fsp3) is 0.316. The smallest absolute Gasteiger partial charge is 0.255 e. The second-order valence-corrected chi connectivity index (χ2v) is 6.01. The van der Waals surface area contributed by atoms with Crippen LogP contribution in [0, 0.1) is 6.92 Å². The van der Waals surface area contributed by atoms with Gasteiger partial charge in [0.1, 0.15) is 0 Å². The van der Waals surface area contributed by atoms with Crippen LogP contribution >= 0.6 is 0 Å². The number of amides is 1. The highest BCUT2D eigenvalue weighted by Crippen LogP contribution is 2.23. The van der Waals surface area contributed by atoms with E-state index in [-0.39, 0.29) is 12.0 Å². The van der Waals surface area contributed by atoms with Crippen LogP contribution in [0.25, 0.3) is 0 Å². The number of morpholine rings is 1. The molecule has 1 aliphatic heterocycles. The predicted octanol–water partition coefficient (Wildman–Crippen LogP) is 3.25. The molecule has 1 fully saturated rings. The molecule has 2 aromatic rings. The summed E-state index contributed by atoms with van der Waals surface area (Å²) in [6.45, 7) is 4.57. The maximum atomic E-state index is 12.3. The summed E-state index contributed by atoms with van der Waals surface area (Å²) in [6, 6.07) is 15.5. The molecule has 3 rings (SSSR count). The fourth-order valence-corrected chi connectivity index (χ4v) is 2.79. The number of anilines is 1. The summed E-state index contributed by atoms with van der Waals surface area (Å²) in [7, 11) is 2.10. The number of benzene rings is 2. The van der Waals surface area contributed by atoms with Crippen LogP contribution in [0.1, 0.15) is 27.6 Å². The van der Waals surface area contributed by atoms with Crippen LogP contribution < -0.4 is 5.32 Å². The summed E-state index contributed by atoms with van der Waals surface area (Å²) < 4.78 is 5.81. The van der Waals surface area contributed by atoms with E-state index in [1.807, 2.05) is 55.5 Å². The highest BCUT2D eigenvalue weighted by atomic mass is 16.5. The second kappa shape index (κ2) is 6.94. The zero-order valence-electron chi connectivity index (χ0n) is 13.6. The van der Waals surface area contributed by atoms with Crippen molar-refractivity contribution in [2.75, 3.05) is 32.1 Å². The molecule has 0 radical (unpaired) electrons. The van der Waals surface area contributed by atoms with Crippen molar-refractivity contribution in [2.45, 2.75) is 13.0 Å². The third kappa shape index (κ3) is 3.78. The van der Waals surface area contributed by atoms with Gasteiger partial charge in [0.15, 0.2) is 0 Å². The van der Waals surface area contributed by atoms with E-state index in [0.717, 1.165) is 36.5 Å². The van der Waals surface area contributed by atoms with E-state index in [2.05, 4.69) is 17.3 Å². The van der Waals surface area contributed by atoms with E-state index in [9.17, 15) is 4.79 Å². The number of ether oxygens (including phenoxy) is 1. The van der Waals surface area contributed by atoms with Crippen molar-refractivity contribution < 1.29 is 9.53 Å². The molecular formula is C19H22N2O2. The van der Waals surface area contributed by atoms with Gasteiger partial charge in [0.05, 0.1) is 12.7 Å². The number of hydrogen-bond donors (Lipinski definition) is 1. The first kappa shape index (κ1) is 15.7. The zero-order chi connectivity index (χ0) is 16.2. The van der Waals surface area contributed by atoms with Crippen LogP contribution in [-0.4, -0.2) is 37.6 Å². The number of rotatable bonds is 3. The van der Waals surface area contributed by atoms with Gasteiger partial charge < -0.3 is 15.0 Å². The highest BCUT2D eigenvalue weighted by Gasteiger charge is 2.19. The first-order valence-electron chi connectivity index (χ1n) is 7.90. The van der Waals surface area contributed by atoms with Crippen molar-refractivity contribution in [1.29, 1.82) is 0 Å². The molecule has 0 spiro atoms. The molecule has 1 N–H and O–H groups in total. The van der Waals surface area contributed by atoms with Crippen molar-refractivity contribution in [1.82, 2.24) is 4.90 Å². The minimum absolute atomic E-state index is 0.0792. The van der Waals surface area contributed by atoms with Gasteiger partial charge in [-0.1, -0.05) is 30.3 Å². The molecule has 0 saturated carbocycles. The van der Waals surface area contributed by atoms with Gasteiger partial charge in [0, 0.05) is 24.3 Å². The quantitative estimate of drug-likeness (QED) is 0.946. The van der Waals surface area contributed by atoms with Crippen LogP contribution in [0.15, 0.2) is 48.5 Å². The number of likely N-dealkylation sites (N-methyl/N-ethyl adjacent to an activating group) is 1. The number of nitrogens with zero attached hydrogens (tertiary/aromatic N) is 1. The standard InChI is InChI=1S/C19H22N2O2/c1-14-5-3-4-6-17(14)19(22)20-16-9-7-15(8-10-16)18-13-21(2)11-12-23-18/h3-10,18H,11-13H2,1-2H3,(H,20,22). The monoisotopic (exact) mass is 310 g/mol. The van der Waals surface area contributed by atoms with Crippen molar-refractivity contribution in [3.63, 3.8) is 0 Å². The molecule has 120 valence electrons. The summed E-state index contributed by atoms with van der Waals surface area (Å²) in [5, 5.41) is 2.95. The van der Waals surface area contributed by atoms with Crippen molar-refractivity contribution in [2.24, 2.45) is 0 Å². The first-order valence-corrected chi connectivity index (χ1v) is 7.90. The van der Waals surface area contributed by atoms with Crippen LogP contribution in [0.5, 0.6) is 0 Å². The van der Waals surface area contributed by atoms with Gasteiger partial charge in [-0.05, 0) is 43.3 Å². The number of aryl methyl sites for hydroxylation is 1. The van der Waals surface area contributed by atoms with Gasteiger partial charge in [-0.3, -0.25) is 4.79 Å².